The summed E-state index contributed by atoms with van der Waals surface area (Å²) in [6.45, 7) is 5.63. The summed E-state index contributed by atoms with van der Waals surface area (Å²) in [7, 11) is 0. The summed E-state index contributed by atoms with van der Waals surface area (Å²) in [5.74, 6) is 21.6. The van der Waals surface area contributed by atoms with E-state index in [-0.39, 0.29) is 9.84 Å². The fourth-order valence-corrected chi connectivity index (χ4v) is 2.92. The minimum Gasteiger partial charge on any atom is -0.462 e. The lowest BCUT2D eigenvalue weighted by molar-refractivity contribution is -0.343. The number of hydrogen-bond acceptors (Lipinski definition) is 9. The third-order valence-electron chi connectivity index (χ3n) is 2.94. The molecule has 2 aromatic heterocycles. The quantitative estimate of drug-likeness (QED) is 0.134. The second kappa shape index (κ2) is 18.2. The number of carbonyl (C=O) groups excluding carboxylic acids is 1. The summed E-state index contributed by atoms with van der Waals surface area (Å²) in [4.78, 5) is 28.9. The lowest BCUT2D eigenvalue weighted by Crippen LogP contribution is -2.11. The first-order chi connectivity index (χ1) is 15.5. The molecule has 2 rings (SSSR count). The Hall–Kier alpha value is -3.63. The van der Waals surface area contributed by atoms with Gasteiger partial charge in [-0.2, -0.15) is 0 Å². The number of thiophene rings is 1. The molecule has 0 unspecified atom stereocenters. The molecule has 3 N–H and O–H groups in total. The van der Waals surface area contributed by atoms with Gasteiger partial charge < -0.3 is 9.72 Å². The van der Waals surface area contributed by atoms with Crippen LogP contribution in [0.2, 0.25) is 0 Å². The van der Waals surface area contributed by atoms with E-state index in [1.165, 1.54) is 23.2 Å². The van der Waals surface area contributed by atoms with Gasteiger partial charge >= 0.3 is 5.97 Å². The average Bonchev–Trinajstić information content (AvgIpc) is 3.17. The minimum atomic E-state index is -0.398. The molecule has 32 heavy (non-hydrogen) atoms. The van der Waals surface area contributed by atoms with Gasteiger partial charge in [-0.15, -0.1) is 22.7 Å². The first kappa shape index (κ1) is 28.4. The van der Waals surface area contributed by atoms with Crippen LogP contribution in [0.5, 0.6) is 0 Å². The molecule has 170 valence electrons. The molecule has 0 saturated carbocycles. The van der Waals surface area contributed by atoms with E-state index in [1.54, 1.807) is 13.8 Å². The number of carbonyl (C=O) groups is 1. The van der Waals surface area contributed by atoms with Crippen LogP contribution < -0.4 is 11.2 Å². The van der Waals surface area contributed by atoms with Crippen molar-refractivity contribution in [2.24, 2.45) is 0 Å². The zero-order valence-corrected chi connectivity index (χ0v) is 19.0. The van der Waals surface area contributed by atoms with E-state index in [4.69, 9.17) is 16.4 Å². The number of thiol groups is 1. The second-order valence-electron chi connectivity index (χ2n) is 4.91. The fourth-order valence-electron chi connectivity index (χ4n) is 1.83. The van der Waals surface area contributed by atoms with Crippen LogP contribution in [0.15, 0.2) is 16.4 Å². The molecule has 0 amide bonds. The van der Waals surface area contributed by atoms with Crippen LogP contribution in [0.1, 0.15) is 34.0 Å². The van der Waals surface area contributed by atoms with Crippen LogP contribution in [0.3, 0.4) is 0 Å². The number of terminal acetylenes is 1. The zero-order valence-electron chi connectivity index (χ0n) is 17.3. The van der Waals surface area contributed by atoms with E-state index in [2.05, 4.69) is 80.4 Å². The summed E-state index contributed by atoms with van der Waals surface area (Å²) in [6, 6.07) is 0. The SMILES string of the molecule is C#CC#CC#CC#CC#CC.CCOC(=O)c1c[nH]c(=O)c2c(C)csc12.OONOS.[HH].[HH].[HH]. The predicted molar refractivity (Wildman–Crippen MR) is 132 cm³/mol. The molecular formula is C22H24N2O6S2. The molecule has 0 radical (unpaired) electrons. The first-order valence-corrected chi connectivity index (χ1v) is 9.72. The number of rotatable bonds is 4. The predicted octanol–water partition coefficient (Wildman–Crippen LogP) is 3.22. The van der Waals surface area contributed by atoms with Crippen LogP contribution in [0.4, 0.5) is 0 Å². The monoisotopic (exact) mass is 476 g/mol. The Morgan fingerprint density at radius 3 is 2.41 bits per heavy atom. The molecule has 2 aromatic rings. The van der Waals surface area contributed by atoms with Crippen molar-refractivity contribution in [2.45, 2.75) is 20.8 Å². The van der Waals surface area contributed by atoms with E-state index < -0.39 is 5.97 Å². The third-order valence-corrected chi connectivity index (χ3v) is 4.14. The van der Waals surface area contributed by atoms with Gasteiger partial charge in [0.15, 0.2) is 0 Å². The van der Waals surface area contributed by atoms with Crippen molar-refractivity contribution < 1.29 is 28.3 Å². The van der Waals surface area contributed by atoms with Gasteiger partial charge in [0.2, 0.25) is 0 Å². The number of pyridine rings is 1. The summed E-state index contributed by atoms with van der Waals surface area (Å²) < 4.78 is 9.29. The van der Waals surface area contributed by atoms with E-state index in [1.807, 2.05) is 12.3 Å². The van der Waals surface area contributed by atoms with Crippen molar-refractivity contribution in [2.75, 3.05) is 6.61 Å². The highest BCUT2D eigenvalue weighted by molar-refractivity contribution is 7.75. The standard InChI is InChI=1S/C11H11NO3S.C11H4.H3NO3S.3H2/c1-3-15-11(14)7-4-12-10(13)8-6(2)5-16-9(7)8;1-3-5-7-9-11-10-8-6-4-2;2-3-1-4-5;;;/h4-5H,3H2,1-2H3,(H,12,13);1H,2H3;1-2,5H;3*1H. The van der Waals surface area contributed by atoms with Crippen molar-refractivity contribution in [3.8, 4) is 59.7 Å². The van der Waals surface area contributed by atoms with Crippen molar-refractivity contribution in [1.82, 2.24) is 10.6 Å². The Morgan fingerprint density at radius 2 is 1.91 bits per heavy atom. The van der Waals surface area contributed by atoms with Gasteiger partial charge in [0.05, 0.1) is 22.3 Å². The maximum Gasteiger partial charge on any atom is 0.341 e. The number of aryl methyl sites for hydroxylation is 1. The van der Waals surface area contributed by atoms with Gasteiger partial charge in [0.1, 0.15) is 0 Å². The van der Waals surface area contributed by atoms with Gasteiger partial charge in [0.25, 0.3) is 5.56 Å². The fraction of sp³-hybridized carbons (Fsp3) is 0.182. The van der Waals surface area contributed by atoms with Crippen molar-refractivity contribution >= 4 is 40.3 Å². The Labute approximate surface area is 199 Å². The number of fused-ring (bicyclic) bond motifs is 1. The Morgan fingerprint density at radius 1 is 1.28 bits per heavy atom. The second-order valence-corrected chi connectivity index (χ2v) is 5.97. The van der Waals surface area contributed by atoms with E-state index in [9.17, 15) is 9.59 Å². The number of H-pyrrole nitrogens is 1. The van der Waals surface area contributed by atoms with Gasteiger partial charge in [-0.25, -0.2) is 14.3 Å². The Kier molecular flexibility index (Phi) is 16.1. The maximum absolute atomic E-state index is 11.6. The molecule has 8 nitrogen and oxygen atoms in total. The van der Waals surface area contributed by atoms with E-state index in [0.717, 1.165) is 5.56 Å². The topological polar surface area (TPSA) is 110 Å². The molecule has 0 aliphatic heterocycles. The molecule has 0 aliphatic carbocycles. The molecule has 0 saturated heterocycles. The van der Waals surface area contributed by atoms with Crippen LogP contribution >= 0.6 is 24.2 Å². The number of aromatic nitrogens is 1. The van der Waals surface area contributed by atoms with Crippen molar-refractivity contribution in [3.05, 3.63) is 33.1 Å². The number of hydrogen-bond donors (Lipinski definition) is 4. The minimum absolute atomic E-state index is 0. The molecule has 0 aromatic carbocycles. The van der Waals surface area contributed by atoms with Crippen molar-refractivity contribution in [1.29, 1.82) is 0 Å². The highest BCUT2D eigenvalue weighted by Crippen LogP contribution is 2.25. The molecule has 0 fully saturated rings. The Bertz CT molecular complexity index is 1260. The number of ether oxygens (including phenoxy) is 1. The van der Waals surface area contributed by atoms with Crippen LogP contribution in [0, 0.1) is 66.6 Å². The number of nitrogens with one attached hydrogen (secondary N) is 2. The van der Waals surface area contributed by atoms with Crippen LogP contribution in [-0.4, -0.2) is 22.8 Å². The number of esters is 1. The number of aromatic amines is 1. The highest BCUT2D eigenvalue weighted by atomic mass is 32.1. The van der Waals surface area contributed by atoms with Gasteiger partial charge in [-0.3, -0.25) is 4.79 Å². The van der Waals surface area contributed by atoms with Crippen LogP contribution in [0.25, 0.3) is 10.1 Å². The average molecular weight is 477 g/mol. The molecular weight excluding hydrogens is 452 g/mol. The summed E-state index contributed by atoms with van der Waals surface area (Å²) >= 11 is 4.49. The van der Waals surface area contributed by atoms with E-state index >= 15 is 0 Å². The molecule has 0 aliphatic rings. The molecule has 0 atom stereocenters. The van der Waals surface area contributed by atoms with Gasteiger partial charge in [-0.1, -0.05) is 5.92 Å². The highest BCUT2D eigenvalue weighted by Gasteiger charge is 2.15. The summed E-state index contributed by atoms with van der Waals surface area (Å²) in [5, 5.41) is 9.72. The molecule has 10 heteroatoms. The molecule has 2 heterocycles. The zero-order chi connectivity index (χ0) is 24.2. The normalized spacial score (nSPS) is 7.88. The smallest absolute Gasteiger partial charge is 0.341 e. The van der Waals surface area contributed by atoms with Gasteiger partial charge in [-0.05, 0) is 84.7 Å². The molecule has 0 bridgehead atoms. The lowest BCUT2D eigenvalue weighted by Gasteiger charge is -2.02. The molecule has 0 spiro atoms. The summed E-state index contributed by atoms with van der Waals surface area (Å²) in [6.07, 6.45) is 6.26. The van der Waals surface area contributed by atoms with Crippen molar-refractivity contribution in [3.63, 3.8) is 0 Å². The Balaban J connectivity index is -0.000000224. The first-order valence-electron chi connectivity index (χ1n) is 8.48. The van der Waals surface area contributed by atoms with Crippen LogP contribution in [-0.2, 0) is 14.0 Å². The largest absolute Gasteiger partial charge is 0.462 e. The van der Waals surface area contributed by atoms with Gasteiger partial charge in [0, 0.05) is 23.4 Å². The lowest BCUT2D eigenvalue weighted by atomic mass is 10.2. The maximum atomic E-state index is 11.6. The third kappa shape index (κ3) is 11.0. The summed E-state index contributed by atoms with van der Waals surface area (Å²) in [5.41, 5.74) is 2.67. The van der Waals surface area contributed by atoms with E-state index in [0.29, 0.717) is 22.3 Å².